The molecule has 1 heterocycles. The number of hydrogen-bond donors (Lipinski definition) is 1. The monoisotopic (exact) mass is 332 g/mol. The summed E-state index contributed by atoms with van der Waals surface area (Å²) in [5, 5.41) is 3.01. The number of benzene rings is 1. The number of nitrogens with one attached hydrogen (secondary N) is 1. The first-order valence-corrected chi connectivity index (χ1v) is 8.62. The second-order valence-corrected chi connectivity index (χ2v) is 7.38. The van der Waals surface area contributed by atoms with Gasteiger partial charge < -0.3 is 15.0 Å². The maximum atomic E-state index is 12.0. The van der Waals surface area contributed by atoms with E-state index >= 15 is 0 Å². The molecule has 0 aromatic heterocycles. The van der Waals surface area contributed by atoms with Gasteiger partial charge in [-0.15, -0.1) is 0 Å². The average molecular weight is 332 g/mol. The fourth-order valence-electron chi connectivity index (χ4n) is 2.75. The van der Waals surface area contributed by atoms with Gasteiger partial charge in [0.1, 0.15) is 5.60 Å². The Morgan fingerprint density at radius 1 is 1.17 bits per heavy atom. The highest BCUT2D eigenvalue weighted by molar-refractivity contribution is 5.78. The molecule has 1 N–H and O–H groups in total. The number of likely N-dealkylation sites (tertiary alicyclic amines) is 1. The Morgan fingerprint density at radius 2 is 1.79 bits per heavy atom. The van der Waals surface area contributed by atoms with Gasteiger partial charge in [-0.25, -0.2) is 4.79 Å². The third-order valence-electron chi connectivity index (χ3n) is 4.06. The standard InChI is InChI=1S/C19H28N2O3/c1-19(2,3)24-18(23)21-11-9-16(10-12-21)14-20-17(22)13-15-7-5-4-6-8-15/h4-8,16H,9-14H2,1-3H3,(H,20,22). The molecule has 1 aliphatic rings. The Hall–Kier alpha value is -2.04. The number of nitrogens with zero attached hydrogens (tertiary/aromatic N) is 1. The van der Waals surface area contributed by atoms with Crippen LogP contribution in [0.1, 0.15) is 39.2 Å². The molecule has 2 amide bonds. The lowest BCUT2D eigenvalue weighted by Gasteiger charge is -2.33. The summed E-state index contributed by atoms with van der Waals surface area (Å²) in [7, 11) is 0. The van der Waals surface area contributed by atoms with Crippen molar-refractivity contribution in [1.29, 1.82) is 0 Å². The molecule has 5 heteroatoms. The van der Waals surface area contributed by atoms with Crippen LogP contribution >= 0.6 is 0 Å². The normalized spacial score (nSPS) is 15.9. The molecule has 1 fully saturated rings. The first-order chi connectivity index (χ1) is 11.3. The third-order valence-corrected chi connectivity index (χ3v) is 4.06. The van der Waals surface area contributed by atoms with Crippen molar-refractivity contribution in [2.24, 2.45) is 5.92 Å². The molecule has 0 unspecified atom stereocenters. The molecule has 0 spiro atoms. The average Bonchev–Trinajstić information content (AvgIpc) is 2.53. The second kappa shape index (κ2) is 8.18. The summed E-state index contributed by atoms with van der Waals surface area (Å²) in [4.78, 5) is 25.8. The van der Waals surface area contributed by atoms with Crippen molar-refractivity contribution < 1.29 is 14.3 Å². The zero-order chi connectivity index (χ0) is 17.6. The maximum absolute atomic E-state index is 12.0. The number of hydrogen-bond acceptors (Lipinski definition) is 3. The molecule has 1 aliphatic heterocycles. The first-order valence-electron chi connectivity index (χ1n) is 8.62. The second-order valence-electron chi connectivity index (χ2n) is 7.38. The van der Waals surface area contributed by atoms with E-state index in [4.69, 9.17) is 4.74 Å². The van der Waals surface area contributed by atoms with Gasteiger partial charge in [0.25, 0.3) is 0 Å². The van der Waals surface area contributed by atoms with Gasteiger partial charge in [-0.2, -0.15) is 0 Å². The maximum Gasteiger partial charge on any atom is 0.410 e. The van der Waals surface area contributed by atoms with Crippen LogP contribution in [0, 0.1) is 5.92 Å². The molecule has 0 radical (unpaired) electrons. The zero-order valence-corrected chi connectivity index (χ0v) is 14.9. The van der Waals surface area contributed by atoms with Crippen LogP contribution in [0.15, 0.2) is 30.3 Å². The first kappa shape index (κ1) is 18.3. The van der Waals surface area contributed by atoms with Crippen LogP contribution in [0.2, 0.25) is 0 Å². The summed E-state index contributed by atoms with van der Waals surface area (Å²) < 4.78 is 5.39. The van der Waals surface area contributed by atoms with E-state index in [1.807, 2.05) is 51.1 Å². The minimum Gasteiger partial charge on any atom is -0.444 e. The van der Waals surface area contributed by atoms with Crippen LogP contribution in [0.25, 0.3) is 0 Å². The lowest BCUT2D eigenvalue weighted by molar-refractivity contribution is -0.120. The summed E-state index contributed by atoms with van der Waals surface area (Å²) in [6, 6.07) is 9.74. The Morgan fingerprint density at radius 3 is 2.38 bits per heavy atom. The zero-order valence-electron chi connectivity index (χ0n) is 14.9. The van der Waals surface area contributed by atoms with Crippen LogP contribution < -0.4 is 5.32 Å². The third kappa shape index (κ3) is 6.22. The van der Waals surface area contributed by atoms with E-state index in [0.29, 0.717) is 32.0 Å². The van der Waals surface area contributed by atoms with Gasteiger partial charge in [0.15, 0.2) is 0 Å². The number of amides is 2. The van der Waals surface area contributed by atoms with Crippen molar-refractivity contribution in [3.63, 3.8) is 0 Å². The summed E-state index contributed by atoms with van der Waals surface area (Å²) in [6.07, 6.45) is 1.96. The van der Waals surface area contributed by atoms with Crippen LogP contribution in [0.3, 0.4) is 0 Å². The molecule has 0 bridgehead atoms. The predicted octanol–water partition coefficient (Wildman–Crippen LogP) is 2.99. The van der Waals surface area contributed by atoms with Crippen LogP contribution in [-0.4, -0.2) is 42.1 Å². The lowest BCUT2D eigenvalue weighted by Crippen LogP contribution is -2.43. The quantitative estimate of drug-likeness (QED) is 0.922. The molecule has 132 valence electrons. The van der Waals surface area contributed by atoms with E-state index < -0.39 is 5.60 Å². The Balaban J connectivity index is 1.68. The van der Waals surface area contributed by atoms with Crippen LogP contribution in [-0.2, 0) is 16.0 Å². The van der Waals surface area contributed by atoms with Crippen LogP contribution in [0.4, 0.5) is 4.79 Å². The van der Waals surface area contributed by atoms with E-state index in [1.54, 1.807) is 4.90 Å². The number of carbonyl (C=O) groups excluding carboxylic acids is 2. The molecule has 0 atom stereocenters. The molecular formula is C19H28N2O3. The molecule has 2 rings (SSSR count). The topological polar surface area (TPSA) is 58.6 Å². The minimum atomic E-state index is -0.459. The Kier molecular flexibility index (Phi) is 6.23. The largest absolute Gasteiger partial charge is 0.444 e. The van der Waals surface area contributed by atoms with Gasteiger partial charge in [-0.1, -0.05) is 30.3 Å². The summed E-state index contributed by atoms with van der Waals surface area (Å²) in [6.45, 7) is 7.68. The van der Waals surface area contributed by atoms with E-state index in [1.165, 1.54) is 0 Å². The van der Waals surface area contributed by atoms with Crippen molar-refractivity contribution in [3.05, 3.63) is 35.9 Å². The number of rotatable bonds is 4. The molecule has 24 heavy (non-hydrogen) atoms. The van der Waals surface area contributed by atoms with Gasteiger partial charge in [0.2, 0.25) is 5.91 Å². The van der Waals surface area contributed by atoms with E-state index in [0.717, 1.165) is 18.4 Å². The van der Waals surface area contributed by atoms with Gasteiger partial charge in [-0.3, -0.25) is 4.79 Å². The van der Waals surface area contributed by atoms with E-state index in [-0.39, 0.29) is 12.0 Å². The highest BCUT2D eigenvalue weighted by Gasteiger charge is 2.26. The molecule has 1 saturated heterocycles. The van der Waals surface area contributed by atoms with E-state index in [2.05, 4.69) is 5.32 Å². The fraction of sp³-hybridized carbons (Fsp3) is 0.579. The Labute approximate surface area is 144 Å². The van der Waals surface area contributed by atoms with E-state index in [9.17, 15) is 9.59 Å². The smallest absolute Gasteiger partial charge is 0.410 e. The molecule has 0 aliphatic carbocycles. The van der Waals surface area contributed by atoms with Gasteiger partial charge in [-0.05, 0) is 45.1 Å². The molecule has 0 saturated carbocycles. The van der Waals surface area contributed by atoms with Crippen molar-refractivity contribution in [1.82, 2.24) is 10.2 Å². The molecule has 5 nitrogen and oxygen atoms in total. The van der Waals surface area contributed by atoms with Crippen molar-refractivity contribution in [2.45, 2.75) is 45.6 Å². The van der Waals surface area contributed by atoms with Crippen molar-refractivity contribution in [2.75, 3.05) is 19.6 Å². The highest BCUT2D eigenvalue weighted by atomic mass is 16.6. The fourth-order valence-corrected chi connectivity index (χ4v) is 2.75. The summed E-state index contributed by atoms with van der Waals surface area (Å²) in [5.74, 6) is 0.471. The predicted molar refractivity (Wildman–Crippen MR) is 93.7 cm³/mol. The van der Waals surface area contributed by atoms with Crippen LogP contribution in [0.5, 0.6) is 0 Å². The van der Waals surface area contributed by atoms with Gasteiger partial charge in [0, 0.05) is 19.6 Å². The summed E-state index contributed by atoms with van der Waals surface area (Å²) >= 11 is 0. The SMILES string of the molecule is CC(C)(C)OC(=O)N1CCC(CNC(=O)Cc2ccccc2)CC1. The minimum absolute atomic E-state index is 0.0516. The van der Waals surface area contributed by atoms with Crippen molar-refractivity contribution in [3.8, 4) is 0 Å². The number of piperidine rings is 1. The Bertz CT molecular complexity index is 543. The molecular weight excluding hydrogens is 304 g/mol. The molecule has 1 aromatic carbocycles. The number of carbonyl (C=O) groups is 2. The number of ether oxygens (including phenoxy) is 1. The van der Waals surface area contributed by atoms with Gasteiger partial charge >= 0.3 is 6.09 Å². The lowest BCUT2D eigenvalue weighted by atomic mass is 9.97. The van der Waals surface area contributed by atoms with Crippen molar-refractivity contribution >= 4 is 12.0 Å². The van der Waals surface area contributed by atoms with Gasteiger partial charge in [0.05, 0.1) is 6.42 Å². The highest BCUT2D eigenvalue weighted by Crippen LogP contribution is 2.19. The molecule has 1 aromatic rings. The summed E-state index contributed by atoms with van der Waals surface area (Å²) in [5.41, 5.74) is 0.564.